The van der Waals surface area contributed by atoms with E-state index in [9.17, 15) is 4.79 Å². The smallest absolute Gasteiger partial charge is 0.164 e. The van der Waals surface area contributed by atoms with Crippen LogP contribution in [0.5, 0.6) is 11.5 Å². The van der Waals surface area contributed by atoms with Crippen molar-refractivity contribution in [2.24, 2.45) is 0 Å². The van der Waals surface area contributed by atoms with Gasteiger partial charge in [-0.05, 0) is 44.1 Å². The molecule has 0 bridgehead atoms. The molecule has 1 saturated heterocycles. The average molecular weight is 311 g/mol. The Labute approximate surface area is 131 Å². The lowest BCUT2D eigenvalue weighted by Gasteiger charge is -2.26. The number of rotatable bonds is 4. The van der Waals surface area contributed by atoms with Crippen molar-refractivity contribution in [3.63, 3.8) is 0 Å². The third-order valence-electron chi connectivity index (χ3n) is 3.97. The maximum Gasteiger partial charge on any atom is 0.164 e. The zero-order valence-corrected chi connectivity index (χ0v) is 12.9. The second kappa shape index (κ2) is 7.66. The molecule has 0 aromatic heterocycles. The van der Waals surface area contributed by atoms with E-state index in [0.29, 0.717) is 25.4 Å². The molecule has 0 spiro atoms. The van der Waals surface area contributed by atoms with Gasteiger partial charge in [0.1, 0.15) is 13.2 Å². The SMILES string of the molecule is O=C(CCN1CCCCC1)c1ccc2c(c1)OCCO2.[Cl-]. The normalized spacial score (nSPS) is 17.9. The molecular weight excluding hydrogens is 290 g/mol. The van der Waals surface area contributed by atoms with Gasteiger partial charge >= 0.3 is 0 Å². The number of carbonyl (C=O) groups excluding carboxylic acids is 1. The highest BCUT2D eigenvalue weighted by atomic mass is 35.5. The number of carbonyl (C=O) groups is 1. The van der Waals surface area contributed by atoms with Gasteiger partial charge < -0.3 is 26.8 Å². The lowest BCUT2D eigenvalue weighted by atomic mass is 10.1. The summed E-state index contributed by atoms with van der Waals surface area (Å²) in [5, 5.41) is 0. The fourth-order valence-corrected chi connectivity index (χ4v) is 2.80. The van der Waals surface area contributed by atoms with Crippen molar-refractivity contribution in [1.29, 1.82) is 0 Å². The zero-order chi connectivity index (χ0) is 13.8. The Balaban J connectivity index is 0.00000161. The summed E-state index contributed by atoms with van der Waals surface area (Å²) in [7, 11) is 0. The molecule has 0 amide bonds. The third kappa shape index (κ3) is 4.11. The van der Waals surface area contributed by atoms with Crippen LogP contribution in [0.1, 0.15) is 36.0 Å². The number of fused-ring (bicyclic) bond motifs is 1. The Kier molecular flexibility index (Phi) is 5.88. The average Bonchev–Trinajstić information content (AvgIpc) is 2.53. The molecule has 116 valence electrons. The van der Waals surface area contributed by atoms with Crippen molar-refractivity contribution in [2.75, 3.05) is 32.8 Å². The van der Waals surface area contributed by atoms with Gasteiger partial charge in [0.05, 0.1) is 0 Å². The summed E-state index contributed by atoms with van der Waals surface area (Å²) in [6, 6.07) is 5.49. The van der Waals surface area contributed by atoms with Crippen LogP contribution in [0.4, 0.5) is 0 Å². The molecule has 0 aliphatic carbocycles. The number of halogens is 1. The van der Waals surface area contributed by atoms with Crippen molar-refractivity contribution in [3.8, 4) is 11.5 Å². The molecule has 21 heavy (non-hydrogen) atoms. The fourth-order valence-electron chi connectivity index (χ4n) is 2.80. The van der Waals surface area contributed by atoms with E-state index in [1.165, 1.54) is 19.3 Å². The van der Waals surface area contributed by atoms with Crippen LogP contribution in [0, 0.1) is 0 Å². The van der Waals surface area contributed by atoms with Crippen LogP contribution in [-0.4, -0.2) is 43.5 Å². The van der Waals surface area contributed by atoms with E-state index >= 15 is 0 Å². The van der Waals surface area contributed by atoms with Crippen LogP contribution < -0.4 is 21.9 Å². The predicted molar refractivity (Wildman–Crippen MR) is 76.7 cm³/mol. The highest BCUT2D eigenvalue weighted by molar-refractivity contribution is 5.96. The molecule has 2 heterocycles. The number of benzene rings is 1. The molecule has 0 unspecified atom stereocenters. The molecule has 1 aromatic rings. The minimum absolute atomic E-state index is 0. The first-order valence-corrected chi connectivity index (χ1v) is 7.48. The van der Waals surface area contributed by atoms with E-state index in [1.807, 2.05) is 18.2 Å². The molecule has 4 nitrogen and oxygen atoms in total. The highest BCUT2D eigenvalue weighted by Gasteiger charge is 2.16. The summed E-state index contributed by atoms with van der Waals surface area (Å²) in [6.45, 7) is 4.27. The van der Waals surface area contributed by atoms with Gasteiger partial charge in [-0.3, -0.25) is 4.79 Å². The molecule has 0 atom stereocenters. The number of hydrogen-bond donors (Lipinski definition) is 0. The Morgan fingerprint density at radius 2 is 1.76 bits per heavy atom. The van der Waals surface area contributed by atoms with E-state index in [0.717, 1.165) is 30.9 Å². The monoisotopic (exact) mass is 310 g/mol. The number of ether oxygens (including phenoxy) is 2. The Bertz CT molecular complexity index is 486. The maximum absolute atomic E-state index is 12.3. The van der Waals surface area contributed by atoms with Crippen LogP contribution in [0.2, 0.25) is 0 Å². The third-order valence-corrected chi connectivity index (χ3v) is 3.97. The van der Waals surface area contributed by atoms with Gasteiger partial charge in [0.2, 0.25) is 0 Å². The van der Waals surface area contributed by atoms with E-state index < -0.39 is 0 Å². The molecule has 0 radical (unpaired) electrons. The standard InChI is InChI=1S/C16H21NO3.ClH/c18-14(6-9-17-7-2-1-3-8-17)13-4-5-15-16(12-13)20-11-10-19-15;/h4-5,12H,1-3,6-11H2;1H/p-1. The first-order chi connectivity index (χ1) is 9.83. The summed E-state index contributed by atoms with van der Waals surface area (Å²) >= 11 is 0. The Morgan fingerprint density at radius 3 is 2.52 bits per heavy atom. The van der Waals surface area contributed by atoms with Crippen LogP contribution in [-0.2, 0) is 0 Å². The molecule has 2 aliphatic heterocycles. The van der Waals surface area contributed by atoms with Crippen molar-refractivity contribution < 1.29 is 26.7 Å². The molecule has 1 fully saturated rings. The molecule has 0 N–H and O–H groups in total. The first kappa shape index (κ1) is 16.1. The second-order valence-corrected chi connectivity index (χ2v) is 5.43. The van der Waals surface area contributed by atoms with E-state index in [2.05, 4.69) is 4.90 Å². The lowest BCUT2D eigenvalue weighted by Crippen LogP contribution is -3.00. The van der Waals surface area contributed by atoms with Crippen molar-refractivity contribution in [2.45, 2.75) is 25.7 Å². The van der Waals surface area contributed by atoms with Gasteiger partial charge in [-0.1, -0.05) is 6.42 Å². The van der Waals surface area contributed by atoms with Crippen molar-refractivity contribution in [1.82, 2.24) is 4.90 Å². The quantitative estimate of drug-likeness (QED) is 0.704. The number of Topliss-reactive ketones (excluding diaryl/α,β-unsaturated/α-hetero) is 1. The minimum atomic E-state index is 0. The summed E-state index contributed by atoms with van der Waals surface area (Å²) in [5.74, 6) is 1.62. The minimum Gasteiger partial charge on any atom is -1.00 e. The number of hydrogen-bond acceptors (Lipinski definition) is 4. The Hall–Kier alpha value is -1.26. The van der Waals surface area contributed by atoms with Gasteiger partial charge in [0.15, 0.2) is 17.3 Å². The largest absolute Gasteiger partial charge is 1.00 e. The highest BCUT2D eigenvalue weighted by Crippen LogP contribution is 2.31. The summed E-state index contributed by atoms with van der Waals surface area (Å²) in [4.78, 5) is 14.6. The van der Waals surface area contributed by atoms with Gasteiger partial charge in [0.25, 0.3) is 0 Å². The predicted octanol–water partition coefficient (Wildman–Crippen LogP) is -0.479. The first-order valence-electron chi connectivity index (χ1n) is 7.48. The summed E-state index contributed by atoms with van der Waals surface area (Å²) in [5.41, 5.74) is 0.728. The van der Waals surface area contributed by atoms with Gasteiger partial charge in [-0.2, -0.15) is 0 Å². The topological polar surface area (TPSA) is 38.8 Å². The summed E-state index contributed by atoms with van der Waals surface area (Å²) in [6.07, 6.45) is 4.43. The van der Waals surface area contributed by atoms with Crippen LogP contribution in [0.15, 0.2) is 18.2 Å². The zero-order valence-electron chi connectivity index (χ0n) is 12.1. The van der Waals surface area contributed by atoms with E-state index in [1.54, 1.807) is 0 Å². The van der Waals surface area contributed by atoms with Crippen LogP contribution >= 0.6 is 0 Å². The Morgan fingerprint density at radius 1 is 1.05 bits per heavy atom. The molecule has 1 aromatic carbocycles. The number of nitrogens with zero attached hydrogens (tertiary/aromatic N) is 1. The van der Waals surface area contributed by atoms with Crippen LogP contribution in [0.25, 0.3) is 0 Å². The van der Waals surface area contributed by atoms with Crippen molar-refractivity contribution >= 4 is 5.78 Å². The fraction of sp³-hybridized carbons (Fsp3) is 0.562. The molecule has 2 aliphatic rings. The number of likely N-dealkylation sites (tertiary alicyclic amines) is 1. The number of piperidine rings is 1. The lowest BCUT2D eigenvalue weighted by molar-refractivity contribution is -0.0000127. The maximum atomic E-state index is 12.3. The molecule has 0 saturated carbocycles. The number of ketones is 1. The van der Waals surface area contributed by atoms with Gasteiger partial charge in [-0.15, -0.1) is 0 Å². The molecule has 3 rings (SSSR count). The second-order valence-electron chi connectivity index (χ2n) is 5.43. The molecular formula is C16H21ClNO3-. The van der Waals surface area contributed by atoms with E-state index in [-0.39, 0.29) is 18.2 Å². The van der Waals surface area contributed by atoms with Crippen molar-refractivity contribution in [3.05, 3.63) is 23.8 Å². The molecule has 5 heteroatoms. The van der Waals surface area contributed by atoms with E-state index in [4.69, 9.17) is 9.47 Å². The van der Waals surface area contributed by atoms with Gasteiger partial charge in [0, 0.05) is 18.5 Å². The van der Waals surface area contributed by atoms with Crippen LogP contribution in [0.3, 0.4) is 0 Å². The summed E-state index contributed by atoms with van der Waals surface area (Å²) < 4.78 is 11.0. The van der Waals surface area contributed by atoms with Gasteiger partial charge in [-0.25, -0.2) is 0 Å².